The van der Waals surface area contributed by atoms with Crippen molar-refractivity contribution in [3.63, 3.8) is 0 Å². The van der Waals surface area contributed by atoms with E-state index >= 15 is 0 Å². The number of anilines is 2. The molecule has 0 aliphatic carbocycles. The van der Waals surface area contributed by atoms with Gasteiger partial charge in [0, 0.05) is 27.9 Å². The summed E-state index contributed by atoms with van der Waals surface area (Å²) in [4.78, 5) is 39.0. The molecule has 0 bridgehead atoms. The van der Waals surface area contributed by atoms with Crippen LogP contribution in [-0.4, -0.2) is 30.3 Å². The number of hydrogen-bond acceptors (Lipinski definition) is 7. The minimum absolute atomic E-state index is 0.126. The highest BCUT2D eigenvalue weighted by atomic mass is 32.2. The van der Waals surface area contributed by atoms with E-state index in [1.54, 1.807) is 60.7 Å². The first-order valence-corrected chi connectivity index (χ1v) is 13.8. The third kappa shape index (κ3) is 7.07. The number of nitrogens with one attached hydrogen (secondary N) is 3. The standard InChI is InChI=1S/C29H23N3O5S2/c33-27(30-22-8-11-25-26(15-22)37-18-36-25)17-39-23-9-6-21(7-10-23)31-29(35)24(14-19-12-13-38-16-19)32-28(34)20-4-2-1-3-5-20/h1-16H,17-18H2,(H,30,33)(H,31,35)(H,32,34)/b24-14-. The Morgan fingerprint density at radius 2 is 1.64 bits per heavy atom. The van der Waals surface area contributed by atoms with Gasteiger partial charge in [-0.2, -0.15) is 11.3 Å². The van der Waals surface area contributed by atoms with Crippen LogP contribution in [0.2, 0.25) is 0 Å². The Bertz CT molecular complexity index is 1500. The van der Waals surface area contributed by atoms with Gasteiger partial charge in [-0.05, 0) is 77.0 Å². The van der Waals surface area contributed by atoms with Crippen molar-refractivity contribution in [2.75, 3.05) is 23.2 Å². The number of thioether (sulfide) groups is 1. The number of carbonyl (C=O) groups is 3. The second-order valence-corrected chi connectivity index (χ2v) is 10.1. The Hall–Kier alpha value is -4.54. The number of ether oxygens (including phenoxy) is 2. The quantitative estimate of drug-likeness (QED) is 0.182. The van der Waals surface area contributed by atoms with Gasteiger partial charge in [0.25, 0.3) is 11.8 Å². The van der Waals surface area contributed by atoms with Gasteiger partial charge in [-0.1, -0.05) is 18.2 Å². The largest absolute Gasteiger partial charge is 0.454 e. The van der Waals surface area contributed by atoms with Crippen LogP contribution in [0.1, 0.15) is 15.9 Å². The number of amides is 3. The van der Waals surface area contributed by atoms with Crippen LogP contribution in [0.15, 0.2) is 100 Å². The number of fused-ring (bicyclic) bond motifs is 1. The molecule has 39 heavy (non-hydrogen) atoms. The van der Waals surface area contributed by atoms with E-state index in [0.717, 1.165) is 10.5 Å². The molecule has 3 aromatic carbocycles. The lowest BCUT2D eigenvalue weighted by Crippen LogP contribution is -2.30. The first-order chi connectivity index (χ1) is 19.0. The van der Waals surface area contributed by atoms with Gasteiger partial charge in [-0.3, -0.25) is 14.4 Å². The van der Waals surface area contributed by atoms with Gasteiger partial charge in [-0.15, -0.1) is 11.8 Å². The number of rotatable bonds is 9. The van der Waals surface area contributed by atoms with E-state index in [-0.39, 0.29) is 30.1 Å². The molecule has 0 spiro atoms. The van der Waals surface area contributed by atoms with Crippen LogP contribution in [0.25, 0.3) is 6.08 Å². The van der Waals surface area contributed by atoms with Crippen molar-refractivity contribution in [3.8, 4) is 11.5 Å². The third-order valence-corrected chi connectivity index (χ3v) is 7.23. The van der Waals surface area contributed by atoms with Crippen molar-refractivity contribution < 1.29 is 23.9 Å². The molecule has 0 fully saturated rings. The van der Waals surface area contributed by atoms with E-state index in [9.17, 15) is 14.4 Å². The molecule has 2 heterocycles. The van der Waals surface area contributed by atoms with Crippen LogP contribution < -0.4 is 25.4 Å². The fourth-order valence-electron chi connectivity index (χ4n) is 3.62. The summed E-state index contributed by atoms with van der Waals surface area (Å²) in [7, 11) is 0. The molecule has 3 amide bonds. The summed E-state index contributed by atoms with van der Waals surface area (Å²) in [5.74, 6) is 0.480. The van der Waals surface area contributed by atoms with Crippen LogP contribution >= 0.6 is 23.1 Å². The molecule has 3 N–H and O–H groups in total. The molecular formula is C29H23N3O5S2. The molecule has 0 saturated carbocycles. The molecule has 10 heteroatoms. The topological polar surface area (TPSA) is 106 Å². The maximum atomic E-state index is 13.1. The molecular weight excluding hydrogens is 534 g/mol. The summed E-state index contributed by atoms with van der Waals surface area (Å²) < 4.78 is 10.6. The number of benzene rings is 3. The van der Waals surface area contributed by atoms with E-state index in [1.807, 2.05) is 35.0 Å². The molecule has 1 aliphatic rings. The van der Waals surface area contributed by atoms with Gasteiger partial charge >= 0.3 is 0 Å². The average molecular weight is 558 g/mol. The maximum absolute atomic E-state index is 13.1. The summed E-state index contributed by atoms with van der Waals surface area (Å²) in [6.45, 7) is 0.174. The molecule has 196 valence electrons. The van der Waals surface area contributed by atoms with Gasteiger partial charge in [-0.25, -0.2) is 0 Å². The van der Waals surface area contributed by atoms with Crippen LogP contribution in [0.5, 0.6) is 11.5 Å². The van der Waals surface area contributed by atoms with Gasteiger partial charge < -0.3 is 25.4 Å². The summed E-state index contributed by atoms with van der Waals surface area (Å²) in [6, 6.07) is 22.9. The van der Waals surface area contributed by atoms with E-state index < -0.39 is 5.91 Å². The molecule has 1 aliphatic heterocycles. The molecule has 0 unspecified atom stereocenters. The number of hydrogen-bond donors (Lipinski definition) is 3. The summed E-state index contributed by atoms with van der Waals surface area (Å²) in [6.07, 6.45) is 1.63. The lowest BCUT2D eigenvalue weighted by molar-refractivity contribution is -0.114. The molecule has 1 aromatic heterocycles. The maximum Gasteiger partial charge on any atom is 0.272 e. The summed E-state index contributed by atoms with van der Waals surface area (Å²) in [5.41, 5.74) is 2.57. The van der Waals surface area contributed by atoms with Gasteiger partial charge in [0.15, 0.2) is 11.5 Å². The highest BCUT2D eigenvalue weighted by Crippen LogP contribution is 2.34. The highest BCUT2D eigenvalue weighted by molar-refractivity contribution is 8.00. The smallest absolute Gasteiger partial charge is 0.272 e. The summed E-state index contributed by atoms with van der Waals surface area (Å²) in [5, 5.41) is 12.2. The first kappa shape index (κ1) is 26.1. The predicted octanol–water partition coefficient (Wildman–Crippen LogP) is 5.62. The van der Waals surface area contributed by atoms with Crippen LogP contribution in [0.3, 0.4) is 0 Å². The lowest BCUT2D eigenvalue weighted by Gasteiger charge is -2.11. The van der Waals surface area contributed by atoms with Crippen LogP contribution in [-0.2, 0) is 9.59 Å². The lowest BCUT2D eigenvalue weighted by atomic mass is 10.2. The molecule has 0 saturated heterocycles. The van der Waals surface area contributed by atoms with Crippen LogP contribution in [0.4, 0.5) is 11.4 Å². The van der Waals surface area contributed by atoms with E-state index in [0.29, 0.717) is 28.4 Å². The Labute approximate surface area is 233 Å². The zero-order valence-electron chi connectivity index (χ0n) is 20.5. The third-order valence-electron chi connectivity index (χ3n) is 5.52. The zero-order valence-corrected chi connectivity index (χ0v) is 22.1. The molecule has 0 atom stereocenters. The Morgan fingerprint density at radius 1 is 0.872 bits per heavy atom. The molecule has 4 aromatic rings. The normalized spacial score (nSPS) is 12.1. The first-order valence-electron chi connectivity index (χ1n) is 11.9. The number of thiophene rings is 1. The molecule has 5 rings (SSSR count). The van der Waals surface area contributed by atoms with E-state index in [4.69, 9.17) is 9.47 Å². The second kappa shape index (κ2) is 12.3. The van der Waals surface area contributed by atoms with E-state index in [2.05, 4.69) is 16.0 Å². The molecule has 8 nitrogen and oxygen atoms in total. The minimum Gasteiger partial charge on any atom is -0.454 e. The predicted molar refractivity (Wildman–Crippen MR) is 153 cm³/mol. The Kier molecular flexibility index (Phi) is 8.25. The van der Waals surface area contributed by atoms with Crippen molar-refractivity contribution in [3.05, 3.63) is 106 Å². The number of carbonyl (C=O) groups excluding carboxylic acids is 3. The SMILES string of the molecule is O=C(CSc1ccc(NC(=O)/C(=C/c2ccsc2)NC(=O)c2ccccc2)cc1)Nc1ccc2c(c1)OCO2. The van der Waals surface area contributed by atoms with Crippen molar-refractivity contribution in [1.29, 1.82) is 0 Å². The fraction of sp³-hybridized carbons (Fsp3) is 0.0690. The highest BCUT2D eigenvalue weighted by Gasteiger charge is 2.16. The van der Waals surface area contributed by atoms with Gasteiger partial charge in [0.2, 0.25) is 12.7 Å². The van der Waals surface area contributed by atoms with Crippen molar-refractivity contribution in [1.82, 2.24) is 5.32 Å². The fourth-order valence-corrected chi connectivity index (χ4v) is 4.94. The summed E-state index contributed by atoms with van der Waals surface area (Å²) >= 11 is 2.86. The van der Waals surface area contributed by atoms with Gasteiger partial charge in [0.1, 0.15) is 5.70 Å². The zero-order chi connectivity index (χ0) is 27.0. The molecule has 0 radical (unpaired) electrons. The Balaban J connectivity index is 1.17. The van der Waals surface area contributed by atoms with Crippen molar-refractivity contribution >= 4 is 58.3 Å². The average Bonchev–Trinajstić information content (AvgIpc) is 3.65. The van der Waals surface area contributed by atoms with Crippen molar-refractivity contribution in [2.24, 2.45) is 0 Å². The Morgan fingerprint density at radius 3 is 2.41 bits per heavy atom. The van der Waals surface area contributed by atoms with Crippen molar-refractivity contribution in [2.45, 2.75) is 4.90 Å². The van der Waals surface area contributed by atoms with Crippen LogP contribution in [0, 0.1) is 0 Å². The van der Waals surface area contributed by atoms with Gasteiger partial charge in [0.05, 0.1) is 5.75 Å². The minimum atomic E-state index is -0.450. The second-order valence-electron chi connectivity index (χ2n) is 8.32. The van der Waals surface area contributed by atoms with E-state index in [1.165, 1.54) is 23.1 Å². The monoisotopic (exact) mass is 557 g/mol.